The Balaban J connectivity index is 1.56. The number of benzene rings is 3. The van der Waals surface area contributed by atoms with E-state index in [1.165, 1.54) is 23.1 Å². The van der Waals surface area contributed by atoms with E-state index in [4.69, 9.17) is 4.74 Å². The van der Waals surface area contributed by atoms with Gasteiger partial charge in [0.05, 0.1) is 16.3 Å². The molecule has 5 nitrogen and oxygen atoms in total. The molecule has 0 unspecified atom stereocenters. The van der Waals surface area contributed by atoms with Gasteiger partial charge in [0.1, 0.15) is 5.75 Å². The molecular weight excluding hydrogens is 406 g/mol. The molecule has 0 fully saturated rings. The highest BCUT2D eigenvalue weighted by Gasteiger charge is 2.20. The van der Waals surface area contributed by atoms with E-state index in [9.17, 15) is 13.2 Å². The van der Waals surface area contributed by atoms with Gasteiger partial charge in [-0.05, 0) is 42.0 Å². The molecule has 0 aliphatic carbocycles. The second-order valence-corrected chi connectivity index (χ2v) is 9.19. The Kier molecular flexibility index (Phi) is 6.95. The second-order valence-electron chi connectivity index (χ2n) is 6.23. The normalized spacial score (nSPS) is 11.1. The smallest absolute Gasteiger partial charge is 0.321 e. The van der Waals surface area contributed by atoms with Gasteiger partial charge in [-0.1, -0.05) is 48.5 Å². The summed E-state index contributed by atoms with van der Waals surface area (Å²) in [6.07, 6.45) is 0. The maximum absolute atomic E-state index is 12.7. The molecule has 29 heavy (non-hydrogen) atoms. The van der Waals surface area contributed by atoms with Crippen molar-refractivity contribution in [3.8, 4) is 5.75 Å². The van der Waals surface area contributed by atoms with Crippen molar-refractivity contribution in [3.63, 3.8) is 0 Å². The van der Waals surface area contributed by atoms with E-state index in [2.05, 4.69) is 0 Å². The monoisotopic (exact) mass is 427 g/mol. The fourth-order valence-electron chi connectivity index (χ4n) is 2.60. The zero-order valence-electron chi connectivity index (χ0n) is 15.9. The van der Waals surface area contributed by atoms with Gasteiger partial charge in [0.25, 0.3) is 10.0 Å². The first kappa shape index (κ1) is 21.0. The Morgan fingerprint density at radius 3 is 2.10 bits per heavy atom. The standard InChI is InChI=1S/C22H21NO4S2/c1-23(29(25,26)21-10-6-3-7-11-21)19-12-14-20(15-13-19)27-22(24)17-28-16-18-8-4-2-5-9-18/h2-15H,16-17H2,1H3. The van der Waals surface area contributed by atoms with Crippen LogP contribution in [0.15, 0.2) is 89.8 Å². The minimum atomic E-state index is -3.64. The molecule has 0 radical (unpaired) electrons. The maximum Gasteiger partial charge on any atom is 0.321 e. The first-order valence-electron chi connectivity index (χ1n) is 8.93. The predicted molar refractivity (Wildman–Crippen MR) is 117 cm³/mol. The topological polar surface area (TPSA) is 63.7 Å². The molecule has 0 aliphatic rings. The molecule has 7 heteroatoms. The van der Waals surface area contributed by atoms with Gasteiger partial charge in [-0.25, -0.2) is 8.42 Å². The molecule has 0 atom stereocenters. The van der Waals surface area contributed by atoms with Gasteiger partial charge in [0.2, 0.25) is 0 Å². The number of hydrogen-bond acceptors (Lipinski definition) is 5. The van der Waals surface area contributed by atoms with Crippen LogP contribution in [0.25, 0.3) is 0 Å². The molecule has 0 heterocycles. The molecule has 0 aromatic heterocycles. The second kappa shape index (κ2) is 9.62. The van der Waals surface area contributed by atoms with Crippen molar-refractivity contribution in [1.82, 2.24) is 0 Å². The zero-order chi connectivity index (χ0) is 20.7. The number of sulfonamides is 1. The Bertz CT molecular complexity index is 1040. The summed E-state index contributed by atoms with van der Waals surface area (Å²) in [7, 11) is -2.15. The van der Waals surface area contributed by atoms with Crippen LogP contribution in [0.4, 0.5) is 5.69 Å². The maximum atomic E-state index is 12.7. The average Bonchev–Trinajstić information content (AvgIpc) is 2.75. The van der Waals surface area contributed by atoms with Crippen molar-refractivity contribution < 1.29 is 17.9 Å². The summed E-state index contributed by atoms with van der Waals surface area (Å²) >= 11 is 1.48. The number of carbonyl (C=O) groups excluding carboxylic acids is 1. The fraction of sp³-hybridized carbons (Fsp3) is 0.136. The summed E-state index contributed by atoms with van der Waals surface area (Å²) in [5.74, 6) is 1.00. The number of hydrogen-bond donors (Lipinski definition) is 0. The minimum Gasteiger partial charge on any atom is -0.426 e. The number of esters is 1. The lowest BCUT2D eigenvalue weighted by atomic mass is 10.2. The van der Waals surface area contributed by atoms with Gasteiger partial charge in [-0.2, -0.15) is 0 Å². The van der Waals surface area contributed by atoms with Crippen LogP contribution in [-0.4, -0.2) is 27.2 Å². The highest BCUT2D eigenvalue weighted by atomic mass is 32.2. The number of ether oxygens (including phenoxy) is 1. The lowest BCUT2D eigenvalue weighted by Crippen LogP contribution is -2.26. The van der Waals surface area contributed by atoms with Crippen LogP contribution in [0.1, 0.15) is 5.56 Å². The van der Waals surface area contributed by atoms with E-state index < -0.39 is 10.0 Å². The van der Waals surface area contributed by atoms with Gasteiger partial charge < -0.3 is 4.74 Å². The molecule has 3 aromatic rings. The van der Waals surface area contributed by atoms with E-state index in [-0.39, 0.29) is 16.6 Å². The highest BCUT2D eigenvalue weighted by Crippen LogP contribution is 2.24. The molecule has 0 spiro atoms. The number of nitrogens with zero attached hydrogens (tertiary/aromatic N) is 1. The summed E-state index contributed by atoms with van der Waals surface area (Å²) in [6.45, 7) is 0. The van der Waals surface area contributed by atoms with Crippen molar-refractivity contribution in [1.29, 1.82) is 0 Å². The molecule has 150 valence electrons. The Morgan fingerprint density at radius 1 is 0.897 bits per heavy atom. The van der Waals surface area contributed by atoms with Crippen LogP contribution in [0.3, 0.4) is 0 Å². The van der Waals surface area contributed by atoms with Gasteiger partial charge in [0, 0.05) is 12.8 Å². The zero-order valence-corrected chi connectivity index (χ0v) is 17.5. The Hall–Kier alpha value is -2.77. The lowest BCUT2D eigenvalue weighted by Gasteiger charge is -2.19. The third-order valence-corrected chi connectivity index (χ3v) is 6.94. The van der Waals surface area contributed by atoms with Crippen molar-refractivity contribution in [2.24, 2.45) is 0 Å². The minimum absolute atomic E-state index is 0.216. The van der Waals surface area contributed by atoms with Crippen LogP contribution in [0, 0.1) is 0 Å². The molecule has 0 N–H and O–H groups in total. The third kappa shape index (κ3) is 5.62. The molecule has 0 aliphatic heterocycles. The van der Waals surface area contributed by atoms with E-state index in [0.717, 1.165) is 11.3 Å². The molecule has 0 bridgehead atoms. The van der Waals surface area contributed by atoms with Gasteiger partial charge in [-0.15, -0.1) is 11.8 Å². The molecule has 3 rings (SSSR count). The predicted octanol–water partition coefficient (Wildman–Crippen LogP) is 4.35. The van der Waals surface area contributed by atoms with E-state index in [0.29, 0.717) is 11.4 Å². The summed E-state index contributed by atoms with van der Waals surface area (Å²) in [4.78, 5) is 12.2. The first-order chi connectivity index (χ1) is 14.0. The average molecular weight is 428 g/mol. The van der Waals surface area contributed by atoms with E-state index in [1.807, 2.05) is 30.3 Å². The fourth-order valence-corrected chi connectivity index (χ4v) is 4.57. The number of anilines is 1. The summed E-state index contributed by atoms with van der Waals surface area (Å²) < 4.78 is 31.9. The van der Waals surface area contributed by atoms with E-state index in [1.54, 1.807) is 54.6 Å². The van der Waals surface area contributed by atoms with Gasteiger partial charge >= 0.3 is 5.97 Å². The SMILES string of the molecule is CN(c1ccc(OC(=O)CSCc2ccccc2)cc1)S(=O)(=O)c1ccccc1. The summed E-state index contributed by atoms with van der Waals surface area (Å²) in [5.41, 5.74) is 1.63. The molecule has 3 aromatic carbocycles. The lowest BCUT2D eigenvalue weighted by molar-refractivity contribution is -0.131. The number of rotatable bonds is 8. The molecule has 0 amide bonds. The van der Waals surface area contributed by atoms with Gasteiger partial charge in [0.15, 0.2) is 0 Å². The van der Waals surface area contributed by atoms with Crippen LogP contribution in [-0.2, 0) is 20.6 Å². The quantitative estimate of drug-likeness (QED) is 0.395. The van der Waals surface area contributed by atoms with Crippen LogP contribution < -0.4 is 9.04 Å². The van der Waals surface area contributed by atoms with Crippen LogP contribution in [0.5, 0.6) is 5.75 Å². The number of thioether (sulfide) groups is 1. The number of carbonyl (C=O) groups is 1. The Labute approximate surface area is 175 Å². The first-order valence-corrected chi connectivity index (χ1v) is 11.5. The largest absolute Gasteiger partial charge is 0.426 e. The van der Waals surface area contributed by atoms with Crippen LogP contribution >= 0.6 is 11.8 Å². The van der Waals surface area contributed by atoms with Crippen molar-refractivity contribution >= 4 is 33.4 Å². The van der Waals surface area contributed by atoms with E-state index >= 15 is 0 Å². The molecule has 0 saturated heterocycles. The van der Waals surface area contributed by atoms with Crippen molar-refractivity contribution in [3.05, 3.63) is 90.5 Å². The highest BCUT2D eigenvalue weighted by molar-refractivity contribution is 7.99. The van der Waals surface area contributed by atoms with Gasteiger partial charge in [-0.3, -0.25) is 9.10 Å². The molecular formula is C22H21NO4S2. The van der Waals surface area contributed by atoms with Crippen molar-refractivity contribution in [2.75, 3.05) is 17.1 Å². The summed E-state index contributed by atoms with van der Waals surface area (Å²) in [6, 6.07) is 24.5. The molecule has 0 saturated carbocycles. The summed E-state index contributed by atoms with van der Waals surface area (Å²) in [5, 5.41) is 0. The third-order valence-electron chi connectivity index (χ3n) is 4.17. The Morgan fingerprint density at radius 2 is 1.48 bits per heavy atom. The van der Waals surface area contributed by atoms with Crippen LogP contribution in [0.2, 0.25) is 0 Å². The van der Waals surface area contributed by atoms with Crippen molar-refractivity contribution in [2.45, 2.75) is 10.6 Å².